The maximum absolute atomic E-state index is 6.27. The smallest absolute Gasteiger partial charge is 0.0766 e. The van der Waals surface area contributed by atoms with Gasteiger partial charge >= 0.3 is 0 Å². The van der Waals surface area contributed by atoms with E-state index < -0.39 is 0 Å². The number of hydrogen-bond acceptors (Lipinski definition) is 1. The van der Waals surface area contributed by atoms with Crippen molar-refractivity contribution in [2.75, 3.05) is 0 Å². The second-order valence-electron chi connectivity index (χ2n) is 5.70. The van der Waals surface area contributed by atoms with Crippen molar-refractivity contribution in [3.8, 4) is 0 Å². The minimum absolute atomic E-state index is 0.340. The van der Waals surface area contributed by atoms with Crippen molar-refractivity contribution in [2.45, 2.75) is 64.8 Å². The van der Waals surface area contributed by atoms with Crippen LogP contribution in [0.3, 0.4) is 0 Å². The van der Waals surface area contributed by atoms with Gasteiger partial charge in [0.2, 0.25) is 0 Å². The highest BCUT2D eigenvalue weighted by atomic mass is 79.9. The van der Waals surface area contributed by atoms with Gasteiger partial charge in [0.25, 0.3) is 0 Å². The molecular weight excluding hydrogens is 312 g/mol. The molecule has 0 amide bonds. The lowest BCUT2D eigenvalue weighted by molar-refractivity contribution is 0.323. The monoisotopic (exact) mass is 332 g/mol. The molecule has 1 aliphatic rings. The molecule has 0 spiro atoms. The second-order valence-corrected chi connectivity index (χ2v) is 7.11. The van der Waals surface area contributed by atoms with Crippen LogP contribution in [0, 0.1) is 5.41 Å². The molecule has 4 heteroatoms. The van der Waals surface area contributed by atoms with E-state index in [2.05, 4.69) is 46.5 Å². The van der Waals surface area contributed by atoms with Crippen LogP contribution in [0.5, 0.6) is 0 Å². The first-order valence-electron chi connectivity index (χ1n) is 6.87. The molecule has 1 aromatic rings. The Hall–Kier alpha value is -0.0200. The third-order valence-corrected chi connectivity index (χ3v) is 5.35. The zero-order chi connectivity index (χ0) is 13.3. The van der Waals surface area contributed by atoms with Crippen molar-refractivity contribution >= 4 is 27.5 Å². The molecule has 0 aliphatic heterocycles. The summed E-state index contributed by atoms with van der Waals surface area (Å²) in [5, 5.41) is 5.03. The molecule has 2 nitrogen and oxygen atoms in total. The fraction of sp³-hybridized carbons (Fsp3) is 0.786. The van der Waals surface area contributed by atoms with Gasteiger partial charge in [-0.05, 0) is 60.4 Å². The van der Waals surface area contributed by atoms with Crippen molar-refractivity contribution in [1.82, 2.24) is 9.78 Å². The van der Waals surface area contributed by atoms with Gasteiger partial charge in [-0.15, -0.1) is 11.6 Å². The van der Waals surface area contributed by atoms with Gasteiger partial charge in [-0.1, -0.05) is 13.8 Å². The molecule has 0 aromatic carbocycles. The molecule has 0 radical (unpaired) electrons. The van der Waals surface area contributed by atoms with Crippen LogP contribution >= 0.6 is 27.5 Å². The zero-order valence-corrected chi connectivity index (χ0v) is 13.8. The van der Waals surface area contributed by atoms with E-state index >= 15 is 0 Å². The first-order chi connectivity index (χ1) is 8.49. The Morgan fingerprint density at radius 3 is 2.72 bits per heavy atom. The number of alkyl halides is 1. The first-order valence-corrected chi connectivity index (χ1v) is 8.10. The summed E-state index contributed by atoms with van der Waals surface area (Å²) in [7, 11) is 0. The van der Waals surface area contributed by atoms with Gasteiger partial charge in [0.1, 0.15) is 0 Å². The van der Waals surface area contributed by atoms with Crippen molar-refractivity contribution in [2.24, 2.45) is 5.41 Å². The number of nitrogens with zero attached hydrogens (tertiary/aromatic N) is 2. The highest BCUT2D eigenvalue weighted by molar-refractivity contribution is 9.10. The maximum Gasteiger partial charge on any atom is 0.0766 e. The fourth-order valence-electron chi connectivity index (χ4n) is 2.99. The predicted molar refractivity (Wildman–Crippen MR) is 80.3 cm³/mol. The van der Waals surface area contributed by atoms with Crippen LogP contribution in [0.2, 0.25) is 0 Å². The van der Waals surface area contributed by atoms with E-state index in [1.54, 1.807) is 0 Å². The van der Waals surface area contributed by atoms with E-state index in [9.17, 15) is 0 Å². The molecule has 0 N–H and O–H groups in total. The van der Waals surface area contributed by atoms with Crippen LogP contribution in [0.15, 0.2) is 4.47 Å². The molecule has 18 heavy (non-hydrogen) atoms. The Balaban J connectivity index is 2.25. The molecule has 1 fully saturated rings. The van der Waals surface area contributed by atoms with Gasteiger partial charge in [0.05, 0.1) is 15.9 Å². The Labute approximate surface area is 123 Å². The highest BCUT2D eigenvalue weighted by Gasteiger charge is 2.35. The summed E-state index contributed by atoms with van der Waals surface area (Å²) in [6, 6.07) is 0. The van der Waals surface area contributed by atoms with Crippen LogP contribution in [-0.4, -0.2) is 15.2 Å². The summed E-state index contributed by atoms with van der Waals surface area (Å²) in [6.45, 7) is 7.61. The van der Waals surface area contributed by atoms with Crippen LogP contribution in [-0.2, 0) is 19.4 Å². The molecule has 1 saturated carbocycles. The minimum Gasteiger partial charge on any atom is -0.268 e. The topological polar surface area (TPSA) is 17.8 Å². The van der Waals surface area contributed by atoms with Crippen molar-refractivity contribution in [3.05, 3.63) is 15.9 Å². The molecule has 1 heterocycles. The van der Waals surface area contributed by atoms with Crippen molar-refractivity contribution < 1.29 is 0 Å². The first kappa shape index (κ1) is 14.4. The van der Waals surface area contributed by atoms with Gasteiger partial charge in [-0.3, -0.25) is 4.68 Å². The van der Waals surface area contributed by atoms with Crippen LogP contribution in [0.1, 0.15) is 51.4 Å². The third kappa shape index (κ3) is 2.77. The van der Waals surface area contributed by atoms with Gasteiger partial charge < -0.3 is 0 Å². The Kier molecular flexibility index (Phi) is 4.43. The van der Waals surface area contributed by atoms with Crippen LogP contribution < -0.4 is 0 Å². The lowest BCUT2D eigenvalue weighted by atomic mass is 9.84. The number of aromatic nitrogens is 2. The van der Waals surface area contributed by atoms with E-state index in [0.717, 1.165) is 32.2 Å². The molecule has 1 aromatic heterocycles. The fourth-order valence-corrected chi connectivity index (χ4v) is 4.18. The standard InChI is InChI=1S/C14H22BrClN2/c1-4-11-13(15)12(18(5-2)17-11)9-14(3)7-6-10(16)8-14/h10H,4-9H2,1-3H3. The molecule has 1 aliphatic carbocycles. The van der Waals surface area contributed by atoms with Gasteiger partial charge in [-0.25, -0.2) is 0 Å². The zero-order valence-electron chi connectivity index (χ0n) is 11.5. The Morgan fingerprint density at radius 1 is 1.50 bits per heavy atom. The molecule has 102 valence electrons. The molecule has 2 atom stereocenters. The van der Waals surface area contributed by atoms with E-state index in [0.29, 0.717) is 10.8 Å². The number of rotatable bonds is 4. The average Bonchev–Trinajstić information content (AvgIpc) is 2.82. The molecule has 2 rings (SSSR count). The van der Waals surface area contributed by atoms with Crippen molar-refractivity contribution in [1.29, 1.82) is 0 Å². The van der Waals surface area contributed by atoms with Gasteiger partial charge in [0.15, 0.2) is 0 Å². The van der Waals surface area contributed by atoms with E-state index in [4.69, 9.17) is 11.6 Å². The number of halogens is 2. The molecular formula is C14H22BrClN2. The molecule has 0 saturated heterocycles. The predicted octanol–water partition coefficient (Wildman–Crippen LogP) is 4.57. The summed E-state index contributed by atoms with van der Waals surface area (Å²) in [5.41, 5.74) is 2.87. The molecule has 2 unspecified atom stereocenters. The van der Waals surface area contributed by atoms with Crippen LogP contribution in [0.4, 0.5) is 0 Å². The normalized spacial score (nSPS) is 27.9. The summed E-state index contributed by atoms with van der Waals surface area (Å²) in [5.74, 6) is 0. The summed E-state index contributed by atoms with van der Waals surface area (Å²) < 4.78 is 3.36. The van der Waals surface area contributed by atoms with E-state index in [1.165, 1.54) is 22.3 Å². The van der Waals surface area contributed by atoms with Crippen LogP contribution in [0.25, 0.3) is 0 Å². The SMILES string of the molecule is CCc1nn(CC)c(CC2(C)CCC(Cl)C2)c1Br. The molecule has 0 bridgehead atoms. The number of aryl methyl sites for hydroxylation is 2. The summed E-state index contributed by atoms with van der Waals surface area (Å²) >= 11 is 10.0. The largest absolute Gasteiger partial charge is 0.268 e. The van der Waals surface area contributed by atoms with E-state index in [-0.39, 0.29) is 0 Å². The van der Waals surface area contributed by atoms with Crippen molar-refractivity contribution in [3.63, 3.8) is 0 Å². The quantitative estimate of drug-likeness (QED) is 0.738. The summed E-state index contributed by atoms with van der Waals surface area (Å²) in [6.07, 6.45) is 5.56. The Bertz CT molecular complexity index is 430. The van der Waals surface area contributed by atoms with Gasteiger partial charge in [-0.2, -0.15) is 5.10 Å². The highest BCUT2D eigenvalue weighted by Crippen LogP contribution is 2.44. The second kappa shape index (κ2) is 5.54. The summed E-state index contributed by atoms with van der Waals surface area (Å²) in [4.78, 5) is 0. The van der Waals surface area contributed by atoms with Gasteiger partial charge in [0, 0.05) is 11.9 Å². The average molecular weight is 334 g/mol. The maximum atomic E-state index is 6.27. The minimum atomic E-state index is 0.340. The lowest BCUT2D eigenvalue weighted by Crippen LogP contribution is -2.19. The third-order valence-electron chi connectivity index (χ3n) is 4.06. The lowest BCUT2D eigenvalue weighted by Gasteiger charge is -2.24. The number of hydrogen-bond donors (Lipinski definition) is 0. The van der Waals surface area contributed by atoms with E-state index in [1.807, 2.05) is 0 Å². The Morgan fingerprint density at radius 2 is 2.22 bits per heavy atom.